The third-order valence-corrected chi connectivity index (χ3v) is 3.68. The maximum Gasteiger partial charge on any atom is 0.0300 e. The van der Waals surface area contributed by atoms with Gasteiger partial charge in [-0.3, -0.25) is 0 Å². The average molecular weight is 245 g/mol. The highest BCUT2D eigenvalue weighted by molar-refractivity contribution is 5.48. The summed E-state index contributed by atoms with van der Waals surface area (Å²) in [4.78, 5) is 0. The fraction of sp³-hybridized carbons (Fsp3) is 0.529. The normalized spacial score (nSPS) is 23.8. The molecule has 0 saturated heterocycles. The lowest BCUT2D eigenvalue weighted by atomic mass is 9.84. The molecule has 1 nitrogen and oxygen atoms in total. The van der Waals surface area contributed by atoms with Crippen LogP contribution in [0, 0.1) is 5.41 Å². The van der Waals surface area contributed by atoms with E-state index in [2.05, 4.69) is 45.6 Å². The van der Waals surface area contributed by atoms with Crippen LogP contribution in [-0.2, 0) is 0 Å². The molecule has 0 aromatic rings. The van der Waals surface area contributed by atoms with Gasteiger partial charge in [0.25, 0.3) is 0 Å². The molecule has 0 aromatic heterocycles. The topological polar surface area (TPSA) is 26.0 Å². The van der Waals surface area contributed by atoms with Crippen LogP contribution in [0.4, 0.5) is 0 Å². The fourth-order valence-electron chi connectivity index (χ4n) is 2.82. The minimum atomic E-state index is 0. The second-order valence-electron chi connectivity index (χ2n) is 6.74. The number of hydrogen-bond acceptors (Lipinski definition) is 1. The van der Waals surface area contributed by atoms with Crippen LogP contribution in [0.25, 0.3) is 0 Å². The molecule has 1 atom stereocenters. The van der Waals surface area contributed by atoms with Gasteiger partial charge in [-0.1, -0.05) is 51.2 Å². The second kappa shape index (κ2) is 4.89. The fourth-order valence-corrected chi connectivity index (χ4v) is 2.82. The van der Waals surface area contributed by atoms with Crippen molar-refractivity contribution in [1.82, 2.24) is 0 Å². The van der Waals surface area contributed by atoms with Gasteiger partial charge >= 0.3 is 0 Å². The van der Waals surface area contributed by atoms with Crippen LogP contribution in [-0.4, -0.2) is 6.04 Å². The summed E-state index contributed by atoms with van der Waals surface area (Å²) in [6.07, 6.45) is 11.1. The van der Waals surface area contributed by atoms with Gasteiger partial charge in [0.15, 0.2) is 0 Å². The molecule has 18 heavy (non-hydrogen) atoms. The first-order valence-corrected chi connectivity index (χ1v) is 6.91. The van der Waals surface area contributed by atoms with Crippen molar-refractivity contribution in [2.24, 2.45) is 11.1 Å². The molecular weight excluding hydrogens is 218 g/mol. The first-order chi connectivity index (χ1) is 8.37. The Bertz CT molecular complexity index is 446. The summed E-state index contributed by atoms with van der Waals surface area (Å²) in [6, 6.07) is 0.239. The van der Waals surface area contributed by atoms with Gasteiger partial charge in [-0.15, -0.1) is 0 Å². The first kappa shape index (κ1) is 13.4. The molecule has 0 aromatic carbocycles. The SMILES string of the molecule is C=C(CC(C)(C)C)C1=CC2=C(C=CC1)[C@@H](N)CC2.[HH]. The number of allylic oxidation sites excluding steroid dienone is 5. The summed E-state index contributed by atoms with van der Waals surface area (Å²) in [5, 5.41) is 0. The summed E-state index contributed by atoms with van der Waals surface area (Å²) < 4.78 is 0. The van der Waals surface area contributed by atoms with Gasteiger partial charge in [0, 0.05) is 7.47 Å². The third kappa shape index (κ3) is 3.02. The van der Waals surface area contributed by atoms with Crippen LogP contribution in [0.3, 0.4) is 0 Å². The third-order valence-electron chi connectivity index (χ3n) is 3.68. The van der Waals surface area contributed by atoms with E-state index in [0.717, 1.165) is 25.7 Å². The van der Waals surface area contributed by atoms with Crippen molar-refractivity contribution >= 4 is 0 Å². The zero-order valence-electron chi connectivity index (χ0n) is 11.9. The Morgan fingerprint density at radius 2 is 2.22 bits per heavy atom. The van der Waals surface area contributed by atoms with Crippen LogP contribution in [0.2, 0.25) is 0 Å². The molecule has 0 aliphatic heterocycles. The monoisotopic (exact) mass is 245 g/mol. The average Bonchev–Trinajstić information content (AvgIpc) is 2.49. The molecule has 2 aliphatic rings. The lowest BCUT2D eigenvalue weighted by molar-refractivity contribution is 0.411. The largest absolute Gasteiger partial charge is 0.324 e. The smallest absolute Gasteiger partial charge is 0.0300 e. The lowest BCUT2D eigenvalue weighted by Crippen LogP contribution is -2.17. The Balaban J connectivity index is 0.00000180. The van der Waals surface area contributed by atoms with Gasteiger partial charge in [0.2, 0.25) is 0 Å². The van der Waals surface area contributed by atoms with Crippen molar-refractivity contribution in [2.75, 3.05) is 0 Å². The predicted octanol–water partition coefficient (Wildman–Crippen LogP) is 4.53. The van der Waals surface area contributed by atoms with E-state index in [1.165, 1.54) is 22.3 Å². The van der Waals surface area contributed by atoms with Crippen molar-refractivity contribution in [1.29, 1.82) is 0 Å². The Labute approximate surface area is 113 Å². The van der Waals surface area contributed by atoms with E-state index < -0.39 is 0 Å². The van der Waals surface area contributed by atoms with Crippen molar-refractivity contribution in [3.05, 3.63) is 47.1 Å². The van der Waals surface area contributed by atoms with Crippen LogP contribution >= 0.6 is 0 Å². The van der Waals surface area contributed by atoms with E-state index in [0.29, 0.717) is 5.41 Å². The van der Waals surface area contributed by atoms with Gasteiger partial charge in [0.05, 0.1) is 0 Å². The molecule has 1 heteroatoms. The molecule has 0 heterocycles. The van der Waals surface area contributed by atoms with Crippen LogP contribution in [0.1, 0.15) is 47.9 Å². The van der Waals surface area contributed by atoms with Gasteiger partial charge in [0.1, 0.15) is 0 Å². The van der Waals surface area contributed by atoms with E-state index in [9.17, 15) is 0 Å². The molecule has 0 fully saturated rings. The minimum absolute atomic E-state index is 0. The second-order valence-corrected chi connectivity index (χ2v) is 6.74. The van der Waals surface area contributed by atoms with Gasteiger partial charge in [-0.25, -0.2) is 0 Å². The van der Waals surface area contributed by atoms with Gasteiger partial charge in [-0.05, 0) is 47.8 Å². The van der Waals surface area contributed by atoms with Gasteiger partial charge in [-0.2, -0.15) is 0 Å². The van der Waals surface area contributed by atoms with E-state index in [-0.39, 0.29) is 7.47 Å². The summed E-state index contributed by atoms with van der Waals surface area (Å²) in [5.74, 6) is 0. The number of rotatable bonds is 2. The Morgan fingerprint density at radius 3 is 2.89 bits per heavy atom. The van der Waals surface area contributed by atoms with Crippen LogP contribution in [0.5, 0.6) is 0 Å². The highest BCUT2D eigenvalue weighted by Crippen LogP contribution is 2.35. The zero-order valence-corrected chi connectivity index (χ0v) is 11.9. The summed E-state index contributed by atoms with van der Waals surface area (Å²) in [7, 11) is 0. The van der Waals surface area contributed by atoms with Crippen molar-refractivity contribution in [3.63, 3.8) is 0 Å². The number of nitrogens with two attached hydrogens (primary N) is 1. The highest BCUT2D eigenvalue weighted by Gasteiger charge is 2.22. The summed E-state index contributed by atoms with van der Waals surface area (Å²) in [5.41, 5.74) is 11.9. The molecule has 0 unspecified atom stereocenters. The van der Waals surface area contributed by atoms with E-state index in [4.69, 9.17) is 5.73 Å². The standard InChI is InChI=1S/C17H25N.H2/c1-12(11-17(2,3)4)13-6-5-7-15-14(10-13)8-9-16(15)18;/h5,7,10,16H,1,6,8-9,11,18H2,2-4H3;1H/t16-;/m0./s1. The summed E-state index contributed by atoms with van der Waals surface area (Å²) >= 11 is 0. The molecular formula is C17H27N. The van der Waals surface area contributed by atoms with E-state index in [1.54, 1.807) is 0 Å². The van der Waals surface area contributed by atoms with Crippen molar-refractivity contribution in [2.45, 2.75) is 52.5 Å². The molecule has 0 spiro atoms. The minimum Gasteiger partial charge on any atom is -0.324 e. The van der Waals surface area contributed by atoms with E-state index >= 15 is 0 Å². The Kier molecular flexibility index (Phi) is 3.63. The molecule has 0 radical (unpaired) electrons. The number of hydrogen-bond donors (Lipinski definition) is 1. The molecule has 0 amide bonds. The highest BCUT2D eigenvalue weighted by atomic mass is 14.6. The Morgan fingerprint density at radius 1 is 1.50 bits per heavy atom. The molecule has 2 rings (SSSR count). The molecule has 0 saturated carbocycles. The van der Waals surface area contributed by atoms with Gasteiger partial charge < -0.3 is 5.73 Å². The van der Waals surface area contributed by atoms with E-state index in [1.807, 2.05) is 0 Å². The molecule has 100 valence electrons. The molecule has 2 N–H and O–H groups in total. The molecule has 2 aliphatic carbocycles. The van der Waals surface area contributed by atoms with Crippen LogP contribution < -0.4 is 5.73 Å². The molecule has 0 bridgehead atoms. The predicted molar refractivity (Wildman–Crippen MR) is 81.4 cm³/mol. The van der Waals surface area contributed by atoms with Crippen LogP contribution in [0.15, 0.2) is 47.1 Å². The lowest BCUT2D eigenvalue weighted by Gasteiger charge is -2.21. The Hall–Kier alpha value is -1.08. The quantitative estimate of drug-likeness (QED) is 0.760. The summed E-state index contributed by atoms with van der Waals surface area (Å²) in [6.45, 7) is 11.1. The first-order valence-electron chi connectivity index (χ1n) is 6.91. The maximum absolute atomic E-state index is 6.12. The maximum atomic E-state index is 6.12. The zero-order chi connectivity index (χ0) is 13.3. The van der Waals surface area contributed by atoms with Crippen molar-refractivity contribution in [3.8, 4) is 0 Å². The van der Waals surface area contributed by atoms with Crippen molar-refractivity contribution < 1.29 is 1.43 Å².